The summed E-state index contributed by atoms with van der Waals surface area (Å²) in [5.41, 5.74) is 0.622. The van der Waals surface area contributed by atoms with Crippen LogP contribution in [0.15, 0.2) is 18.3 Å². The van der Waals surface area contributed by atoms with Gasteiger partial charge in [0.15, 0.2) is 0 Å². The van der Waals surface area contributed by atoms with Crippen molar-refractivity contribution in [2.75, 3.05) is 37.6 Å². The molecule has 1 aliphatic heterocycles. The molecule has 2 rings (SSSR count). The fourth-order valence-electron chi connectivity index (χ4n) is 2.44. The van der Waals surface area contributed by atoms with Crippen LogP contribution < -0.4 is 10.2 Å². The summed E-state index contributed by atoms with van der Waals surface area (Å²) in [6.45, 7) is 11.1. The second-order valence-electron chi connectivity index (χ2n) is 5.38. The van der Waals surface area contributed by atoms with Crippen LogP contribution in [-0.4, -0.2) is 54.6 Å². The number of piperazine rings is 1. The molecule has 2 heterocycles. The first-order valence-electron chi connectivity index (χ1n) is 7.35. The van der Waals surface area contributed by atoms with E-state index in [9.17, 15) is 4.79 Å². The lowest BCUT2D eigenvalue weighted by molar-refractivity contribution is 0.0955. The predicted molar refractivity (Wildman–Crippen MR) is 81.2 cm³/mol. The van der Waals surface area contributed by atoms with Crippen molar-refractivity contribution in [2.45, 2.75) is 26.8 Å². The third-order valence-electron chi connectivity index (χ3n) is 3.72. The lowest BCUT2D eigenvalue weighted by Crippen LogP contribution is -2.49. The van der Waals surface area contributed by atoms with Gasteiger partial charge in [0.1, 0.15) is 5.82 Å². The summed E-state index contributed by atoms with van der Waals surface area (Å²) in [4.78, 5) is 20.9. The topological polar surface area (TPSA) is 48.5 Å². The van der Waals surface area contributed by atoms with E-state index in [1.54, 1.807) is 6.20 Å². The van der Waals surface area contributed by atoms with Crippen LogP contribution in [0.2, 0.25) is 0 Å². The van der Waals surface area contributed by atoms with Crippen molar-refractivity contribution in [3.05, 3.63) is 23.9 Å². The largest absolute Gasteiger partial charge is 0.354 e. The highest BCUT2D eigenvalue weighted by Crippen LogP contribution is 2.15. The first-order valence-corrected chi connectivity index (χ1v) is 7.35. The second kappa shape index (κ2) is 6.70. The summed E-state index contributed by atoms with van der Waals surface area (Å²) < 4.78 is 0. The Bertz CT molecular complexity index is 436. The molecule has 0 spiro atoms. The van der Waals surface area contributed by atoms with Gasteiger partial charge in [0, 0.05) is 45.0 Å². The lowest BCUT2D eigenvalue weighted by atomic mass is 10.2. The maximum absolute atomic E-state index is 11.7. The number of nitrogens with zero attached hydrogens (tertiary/aromatic N) is 3. The third-order valence-corrected chi connectivity index (χ3v) is 3.72. The summed E-state index contributed by atoms with van der Waals surface area (Å²) >= 11 is 0. The van der Waals surface area contributed by atoms with Gasteiger partial charge in [-0.3, -0.25) is 9.69 Å². The van der Waals surface area contributed by atoms with Gasteiger partial charge in [-0.25, -0.2) is 4.98 Å². The van der Waals surface area contributed by atoms with E-state index in [2.05, 4.69) is 33.9 Å². The van der Waals surface area contributed by atoms with Gasteiger partial charge in [0.05, 0.1) is 5.56 Å². The van der Waals surface area contributed by atoms with Crippen molar-refractivity contribution in [1.29, 1.82) is 0 Å². The molecule has 1 aromatic rings. The Morgan fingerprint density at radius 3 is 2.50 bits per heavy atom. The number of nitrogens with one attached hydrogen (secondary N) is 1. The summed E-state index contributed by atoms with van der Waals surface area (Å²) in [5.74, 6) is 0.901. The van der Waals surface area contributed by atoms with Crippen LogP contribution in [0, 0.1) is 0 Å². The van der Waals surface area contributed by atoms with Gasteiger partial charge in [-0.05, 0) is 32.9 Å². The normalized spacial score (nSPS) is 16.5. The zero-order valence-electron chi connectivity index (χ0n) is 12.6. The van der Waals surface area contributed by atoms with Crippen molar-refractivity contribution < 1.29 is 4.79 Å². The number of amides is 1. The molecule has 110 valence electrons. The summed E-state index contributed by atoms with van der Waals surface area (Å²) in [7, 11) is 0. The van der Waals surface area contributed by atoms with Gasteiger partial charge >= 0.3 is 0 Å². The highest BCUT2D eigenvalue weighted by atomic mass is 16.1. The molecule has 1 N–H and O–H groups in total. The van der Waals surface area contributed by atoms with Gasteiger partial charge in [-0.15, -0.1) is 0 Å². The molecule has 0 saturated carbocycles. The minimum Gasteiger partial charge on any atom is -0.354 e. The molecule has 1 aliphatic rings. The predicted octanol–water partition coefficient (Wildman–Crippen LogP) is 1.36. The molecule has 5 heteroatoms. The highest BCUT2D eigenvalue weighted by Gasteiger charge is 2.19. The Labute approximate surface area is 121 Å². The van der Waals surface area contributed by atoms with Gasteiger partial charge in [-0.1, -0.05) is 0 Å². The summed E-state index contributed by atoms with van der Waals surface area (Å²) in [5, 5.41) is 2.78. The van der Waals surface area contributed by atoms with E-state index in [0.717, 1.165) is 32.0 Å². The first kappa shape index (κ1) is 14.8. The Balaban J connectivity index is 1.96. The monoisotopic (exact) mass is 276 g/mol. The molecule has 1 fully saturated rings. The van der Waals surface area contributed by atoms with E-state index in [4.69, 9.17) is 0 Å². The number of anilines is 1. The molecule has 20 heavy (non-hydrogen) atoms. The molecule has 1 saturated heterocycles. The highest BCUT2D eigenvalue weighted by molar-refractivity contribution is 5.93. The lowest BCUT2D eigenvalue weighted by Gasteiger charge is -2.37. The molecule has 1 aromatic heterocycles. The quantitative estimate of drug-likeness (QED) is 0.902. The number of hydrogen-bond donors (Lipinski definition) is 1. The molecular formula is C15H24N4O. The van der Waals surface area contributed by atoms with Crippen molar-refractivity contribution in [2.24, 2.45) is 0 Å². The number of aromatic nitrogens is 1. The van der Waals surface area contributed by atoms with Gasteiger partial charge in [0.2, 0.25) is 0 Å². The van der Waals surface area contributed by atoms with Crippen LogP contribution in [0.25, 0.3) is 0 Å². The number of carbonyl (C=O) groups is 1. The van der Waals surface area contributed by atoms with Crippen LogP contribution in [0.5, 0.6) is 0 Å². The van der Waals surface area contributed by atoms with E-state index in [-0.39, 0.29) is 5.91 Å². The fraction of sp³-hybridized carbons (Fsp3) is 0.600. The molecule has 0 bridgehead atoms. The molecule has 0 unspecified atom stereocenters. The minimum atomic E-state index is -0.0591. The molecule has 0 aromatic carbocycles. The standard InChI is InChI=1S/C15H24N4O/c1-4-16-15(20)13-5-6-14(17-11-13)19-9-7-18(8-10-19)12(2)3/h5-6,11-12H,4,7-10H2,1-3H3,(H,16,20). The number of rotatable bonds is 4. The number of hydrogen-bond acceptors (Lipinski definition) is 4. The smallest absolute Gasteiger partial charge is 0.252 e. The second-order valence-corrected chi connectivity index (χ2v) is 5.38. The minimum absolute atomic E-state index is 0.0591. The average molecular weight is 276 g/mol. The van der Waals surface area contributed by atoms with Crippen LogP contribution >= 0.6 is 0 Å². The number of carbonyl (C=O) groups excluding carboxylic acids is 1. The van der Waals surface area contributed by atoms with Crippen molar-refractivity contribution in [3.8, 4) is 0 Å². The Morgan fingerprint density at radius 1 is 1.30 bits per heavy atom. The van der Waals surface area contributed by atoms with Crippen LogP contribution in [-0.2, 0) is 0 Å². The molecule has 5 nitrogen and oxygen atoms in total. The SMILES string of the molecule is CCNC(=O)c1ccc(N2CCN(C(C)C)CC2)nc1. The molecular weight excluding hydrogens is 252 g/mol. The van der Waals surface area contributed by atoms with E-state index in [1.807, 2.05) is 19.1 Å². The van der Waals surface area contributed by atoms with Gasteiger partial charge < -0.3 is 10.2 Å². The maximum Gasteiger partial charge on any atom is 0.252 e. The van der Waals surface area contributed by atoms with Gasteiger partial charge in [0.25, 0.3) is 5.91 Å². The summed E-state index contributed by atoms with van der Waals surface area (Å²) in [6.07, 6.45) is 1.66. The zero-order chi connectivity index (χ0) is 14.5. The molecule has 0 aliphatic carbocycles. The van der Waals surface area contributed by atoms with Crippen LogP contribution in [0.3, 0.4) is 0 Å². The van der Waals surface area contributed by atoms with Crippen LogP contribution in [0.1, 0.15) is 31.1 Å². The van der Waals surface area contributed by atoms with E-state index in [1.165, 1.54) is 0 Å². The van der Waals surface area contributed by atoms with Crippen molar-refractivity contribution >= 4 is 11.7 Å². The Hall–Kier alpha value is -1.62. The van der Waals surface area contributed by atoms with E-state index in [0.29, 0.717) is 18.2 Å². The zero-order valence-corrected chi connectivity index (χ0v) is 12.6. The van der Waals surface area contributed by atoms with E-state index < -0.39 is 0 Å². The molecule has 0 radical (unpaired) electrons. The van der Waals surface area contributed by atoms with E-state index >= 15 is 0 Å². The van der Waals surface area contributed by atoms with Crippen LogP contribution in [0.4, 0.5) is 5.82 Å². The first-order chi connectivity index (χ1) is 9.61. The third kappa shape index (κ3) is 3.48. The van der Waals surface area contributed by atoms with Crippen molar-refractivity contribution in [3.63, 3.8) is 0 Å². The van der Waals surface area contributed by atoms with Gasteiger partial charge in [-0.2, -0.15) is 0 Å². The number of pyridine rings is 1. The Morgan fingerprint density at radius 2 is 2.00 bits per heavy atom. The fourth-order valence-corrected chi connectivity index (χ4v) is 2.44. The maximum atomic E-state index is 11.7. The average Bonchev–Trinajstić information content (AvgIpc) is 2.48. The molecule has 1 amide bonds. The van der Waals surface area contributed by atoms with Crippen molar-refractivity contribution in [1.82, 2.24) is 15.2 Å². The summed E-state index contributed by atoms with van der Waals surface area (Å²) in [6, 6.07) is 4.39. The molecule has 0 atom stereocenters. The Kier molecular flexibility index (Phi) is 4.95.